The molecule has 4 aromatic rings. The largest absolute Gasteiger partial charge is 0.272 e. The first-order valence-electron chi connectivity index (χ1n) is 6.81. The van der Waals surface area contributed by atoms with Crippen LogP contribution in [0.25, 0.3) is 28.1 Å². The third kappa shape index (κ3) is 2.31. The van der Waals surface area contributed by atoms with Gasteiger partial charge in [-0.05, 0) is 37.3 Å². The van der Waals surface area contributed by atoms with Crippen molar-refractivity contribution in [3.05, 3.63) is 56.6 Å². The lowest BCUT2D eigenvalue weighted by Crippen LogP contribution is -1.98. The van der Waals surface area contributed by atoms with Gasteiger partial charge in [-0.2, -0.15) is 0 Å². The van der Waals surface area contributed by atoms with Crippen LogP contribution in [0.5, 0.6) is 0 Å². The average molecular weight is 408 g/mol. The van der Waals surface area contributed by atoms with Crippen molar-refractivity contribution >= 4 is 55.8 Å². The van der Waals surface area contributed by atoms with Gasteiger partial charge in [0.05, 0.1) is 26.8 Å². The number of nitrogens with zero attached hydrogens (tertiary/aromatic N) is 4. The molecule has 114 valence electrons. The van der Waals surface area contributed by atoms with Gasteiger partial charge in [0, 0.05) is 10.0 Å². The molecule has 4 rings (SSSR count). The van der Waals surface area contributed by atoms with E-state index < -0.39 is 0 Å². The molecular formula is C16H9BrCl2N4. The molecule has 0 atom stereocenters. The van der Waals surface area contributed by atoms with Gasteiger partial charge in [-0.25, -0.2) is 4.98 Å². The minimum atomic E-state index is 0.459. The standard InChI is InChI=1S/C16H9BrCl2N4/c1-8-15-21-22-16(10-3-2-4-11(18)14(10)19)23(15)13-7-9(17)5-6-12(13)20-8/h2-7H,1H3. The second kappa shape index (κ2) is 5.44. The van der Waals surface area contributed by atoms with Crippen LogP contribution in [-0.4, -0.2) is 19.6 Å². The predicted octanol–water partition coefficient (Wildman–Crippen LogP) is 5.32. The molecule has 0 saturated heterocycles. The lowest BCUT2D eigenvalue weighted by Gasteiger charge is -2.08. The number of rotatable bonds is 1. The van der Waals surface area contributed by atoms with Crippen LogP contribution in [0.2, 0.25) is 10.0 Å². The van der Waals surface area contributed by atoms with Crippen LogP contribution < -0.4 is 0 Å². The summed E-state index contributed by atoms with van der Waals surface area (Å²) in [6, 6.07) is 11.4. The van der Waals surface area contributed by atoms with Gasteiger partial charge in [0.1, 0.15) is 0 Å². The SMILES string of the molecule is Cc1nc2ccc(Br)cc2n2c(-c3cccc(Cl)c3Cl)nnc12. The summed E-state index contributed by atoms with van der Waals surface area (Å²) in [6.07, 6.45) is 0. The summed E-state index contributed by atoms with van der Waals surface area (Å²) >= 11 is 16.0. The van der Waals surface area contributed by atoms with E-state index in [4.69, 9.17) is 23.2 Å². The summed E-state index contributed by atoms with van der Waals surface area (Å²) in [5.74, 6) is 0.640. The first kappa shape index (κ1) is 14.9. The van der Waals surface area contributed by atoms with Gasteiger partial charge in [-0.15, -0.1) is 10.2 Å². The molecule has 0 radical (unpaired) electrons. The Bertz CT molecular complexity index is 1070. The monoisotopic (exact) mass is 406 g/mol. The fourth-order valence-electron chi connectivity index (χ4n) is 2.60. The highest BCUT2D eigenvalue weighted by Crippen LogP contribution is 2.34. The van der Waals surface area contributed by atoms with E-state index in [9.17, 15) is 0 Å². The lowest BCUT2D eigenvalue weighted by atomic mass is 10.2. The summed E-state index contributed by atoms with van der Waals surface area (Å²) < 4.78 is 2.91. The number of hydrogen-bond acceptors (Lipinski definition) is 3. The van der Waals surface area contributed by atoms with Gasteiger partial charge < -0.3 is 0 Å². The Morgan fingerprint density at radius 1 is 1.09 bits per heavy atom. The van der Waals surface area contributed by atoms with Gasteiger partial charge in [0.2, 0.25) is 0 Å². The second-order valence-electron chi connectivity index (χ2n) is 5.11. The number of benzene rings is 2. The molecule has 2 aromatic carbocycles. The zero-order valence-corrected chi connectivity index (χ0v) is 15.0. The molecular weight excluding hydrogens is 399 g/mol. The van der Waals surface area contributed by atoms with Gasteiger partial charge >= 0.3 is 0 Å². The van der Waals surface area contributed by atoms with Crippen LogP contribution >= 0.6 is 39.1 Å². The summed E-state index contributed by atoms with van der Waals surface area (Å²) in [4.78, 5) is 4.59. The molecule has 0 aliphatic rings. The average Bonchev–Trinajstić information content (AvgIpc) is 2.97. The number of fused-ring (bicyclic) bond motifs is 3. The molecule has 4 nitrogen and oxygen atoms in total. The van der Waals surface area contributed by atoms with E-state index in [0.29, 0.717) is 21.5 Å². The molecule has 0 fully saturated rings. The zero-order valence-electron chi connectivity index (χ0n) is 11.9. The molecule has 0 saturated carbocycles. The van der Waals surface area contributed by atoms with Gasteiger partial charge in [-0.1, -0.05) is 45.2 Å². The fraction of sp³-hybridized carbons (Fsp3) is 0.0625. The molecule has 7 heteroatoms. The highest BCUT2D eigenvalue weighted by Gasteiger charge is 2.17. The number of aryl methyl sites for hydroxylation is 1. The topological polar surface area (TPSA) is 43.1 Å². The second-order valence-corrected chi connectivity index (χ2v) is 6.82. The third-order valence-electron chi connectivity index (χ3n) is 3.65. The molecule has 23 heavy (non-hydrogen) atoms. The maximum Gasteiger partial charge on any atom is 0.183 e. The Labute approximate surface area is 150 Å². The fourth-order valence-corrected chi connectivity index (χ4v) is 3.33. The van der Waals surface area contributed by atoms with E-state index in [0.717, 1.165) is 26.8 Å². The Kier molecular flexibility index (Phi) is 3.52. The van der Waals surface area contributed by atoms with Crippen LogP contribution in [-0.2, 0) is 0 Å². The van der Waals surface area contributed by atoms with Gasteiger partial charge in [0.25, 0.3) is 0 Å². The lowest BCUT2D eigenvalue weighted by molar-refractivity contribution is 1.11. The first-order chi connectivity index (χ1) is 11.1. The molecule has 0 bridgehead atoms. The highest BCUT2D eigenvalue weighted by atomic mass is 79.9. The van der Waals surface area contributed by atoms with E-state index in [1.807, 2.05) is 41.7 Å². The summed E-state index contributed by atoms with van der Waals surface area (Å²) in [5.41, 5.74) is 3.99. The Morgan fingerprint density at radius 3 is 2.74 bits per heavy atom. The van der Waals surface area contributed by atoms with Gasteiger partial charge in [0.15, 0.2) is 11.5 Å². The van der Waals surface area contributed by atoms with Crippen LogP contribution in [0.1, 0.15) is 5.69 Å². The van der Waals surface area contributed by atoms with Gasteiger partial charge in [-0.3, -0.25) is 4.40 Å². The quantitative estimate of drug-likeness (QED) is 0.428. The molecule has 2 heterocycles. The van der Waals surface area contributed by atoms with E-state index in [2.05, 4.69) is 31.1 Å². The normalized spacial score (nSPS) is 11.5. The molecule has 2 aromatic heterocycles. The number of hydrogen-bond donors (Lipinski definition) is 0. The van der Waals surface area contributed by atoms with Crippen molar-refractivity contribution in [3.8, 4) is 11.4 Å². The van der Waals surface area contributed by atoms with Crippen molar-refractivity contribution in [1.29, 1.82) is 0 Å². The van der Waals surface area contributed by atoms with Crippen molar-refractivity contribution < 1.29 is 0 Å². The Balaban J connectivity index is 2.18. The van der Waals surface area contributed by atoms with Crippen molar-refractivity contribution in [2.75, 3.05) is 0 Å². The third-order valence-corrected chi connectivity index (χ3v) is 4.96. The highest BCUT2D eigenvalue weighted by molar-refractivity contribution is 9.10. The maximum atomic E-state index is 6.37. The van der Waals surface area contributed by atoms with E-state index >= 15 is 0 Å². The van der Waals surface area contributed by atoms with Crippen LogP contribution in [0.4, 0.5) is 0 Å². The van der Waals surface area contributed by atoms with E-state index in [-0.39, 0.29) is 0 Å². The smallest absolute Gasteiger partial charge is 0.183 e. The van der Waals surface area contributed by atoms with Crippen molar-refractivity contribution in [1.82, 2.24) is 19.6 Å². The molecule has 0 N–H and O–H groups in total. The Hall–Kier alpha value is -1.69. The maximum absolute atomic E-state index is 6.37. The van der Waals surface area contributed by atoms with Crippen LogP contribution in [0.3, 0.4) is 0 Å². The molecule has 0 spiro atoms. The minimum absolute atomic E-state index is 0.459. The van der Waals surface area contributed by atoms with Crippen molar-refractivity contribution in [2.45, 2.75) is 6.92 Å². The molecule has 0 amide bonds. The van der Waals surface area contributed by atoms with Crippen molar-refractivity contribution in [3.63, 3.8) is 0 Å². The minimum Gasteiger partial charge on any atom is -0.272 e. The Morgan fingerprint density at radius 2 is 1.91 bits per heavy atom. The molecule has 0 aliphatic carbocycles. The predicted molar refractivity (Wildman–Crippen MR) is 96.2 cm³/mol. The van der Waals surface area contributed by atoms with E-state index in [1.54, 1.807) is 6.07 Å². The summed E-state index contributed by atoms with van der Waals surface area (Å²) in [6.45, 7) is 1.91. The summed E-state index contributed by atoms with van der Waals surface area (Å²) in [7, 11) is 0. The first-order valence-corrected chi connectivity index (χ1v) is 8.36. The van der Waals surface area contributed by atoms with Crippen LogP contribution in [0.15, 0.2) is 40.9 Å². The summed E-state index contributed by atoms with van der Waals surface area (Å²) in [5, 5.41) is 9.54. The van der Waals surface area contributed by atoms with Crippen molar-refractivity contribution in [2.24, 2.45) is 0 Å². The molecule has 0 aliphatic heterocycles. The number of halogens is 3. The number of aromatic nitrogens is 4. The van der Waals surface area contributed by atoms with E-state index in [1.165, 1.54) is 0 Å². The zero-order chi connectivity index (χ0) is 16.1. The molecule has 0 unspecified atom stereocenters. The van der Waals surface area contributed by atoms with Crippen LogP contribution in [0, 0.1) is 6.92 Å².